The molecule has 3 heteroatoms. The first kappa shape index (κ1) is 17.3. The van der Waals surface area contributed by atoms with Gasteiger partial charge in [0.1, 0.15) is 0 Å². The molecule has 0 spiro atoms. The Morgan fingerprint density at radius 2 is 1.29 bits per heavy atom. The summed E-state index contributed by atoms with van der Waals surface area (Å²) in [6, 6.07) is 18.3. The van der Waals surface area contributed by atoms with Gasteiger partial charge in [0.2, 0.25) is 0 Å². The number of hydrogen-bond acceptors (Lipinski definition) is 0. The van der Waals surface area contributed by atoms with E-state index in [-0.39, 0.29) is 14.5 Å². The molecule has 1 heterocycles. The molecule has 3 rings (SSSR count). The predicted octanol–water partition coefficient (Wildman–Crippen LogP) is 5.38. The van der Waals surface area contributed by atoms with Crippen molar-refractivity contribution in [3.05, 3.63) is 89.1 Å². The SMILES string of the molecule is Cc1cccc(C#Cc2[se]c(C#Cc3ccccc3)c(Br)c2Br)c1. The van der Waals surface area contributed by atoms with Crippen LogP contribution in [0.3, 0.4) is 0 Å². The average Bonchev–Trinajstić information content (AvgIpc) is 2.87. The molecule has 0 aliphatic carbocycles. The molecule has 0 fully saturated rings. The molecule has 0 saturated carbocycles. The first-order valence-corrected chi connectivity index (χ1v) is 10.6. The number of aryl methyl sites for hydroxylation is 1. The standard InChI is InChI=1S/C21H12Br2Se/c1-15-6-5-9-17(14-15)11-13-19-21(23)20(22)18(24-19)12-10-16-7-3-2-4-8-16/h2-9,14H,1H3. The van der Waals surface area contributed by atoms with E-state index in [9.17, 15) is 0 Å². The Morgan fingerprint density at radius 1 is 0.708 bits per heavy atom. The molecule has 0 saturated heterocycles. The van der Waals surface area contributed by atoms with Gasteiger partial charge in [0.15, 0.2) is 0 Å². The van der Waals surface area contributed by atoms with Gasteiger partial charge in [-0.25, -0.2) is 0 Å². The summed E-state index contributed by atoms with van der Waals surface area (Å²) in [6.45, 7) is 2.08. The zero-order chi connectivity index (χ0) is 16.9. The van der Waals surface area contributed by atoms with E-state index in [0.29, 0.717) is 0 Å². The van der Waals surface area contributed by atoms with Gasteiger partial charge in [-0.05, 0) is 0 Å². The van der Waals surface area contributed by atoms with Gasteiger partial charge < -0.3 is 0 Å². The average molecular weight is 503 g/mol. The first-order valence-electron chi connectivity index (χ1n) is 7.27. The molecule has 116 valence electrons. The third-order valence-electron chi connectivity index (χ3n) is 3.23. The van der Waals surface area contributed by atoms with Gasteiger partial charge in [-0.3, -0.25) is 0 Å². The molecule has 0 N–H and O–H groups in total. The zero-order valence-electron chi connectivity index (χ0n) is 12.9. The fraction of sp³-hybridized carbons (Fsp3) is 0.0476. The molecule has 0 bridgehead atoms. The molecule has 0 nitrogen and oxygen atoms in total. The van der Waals surface area contributed by atoms with Gasteiger partial charge in [-0.1, -0.05) is 0 Å². The van der Waals surface area contributed by atoms with Crippen LogP contribution >= 0.6 is 31.9 Å². The summed E-state index contributed by atoms with van der Waals surface area (Å²) in [5.41, 5.74) is 3.29. The Kier molecular flexibility index (Phi) is 5.83. The van der Waals surface area contributed by atoms with Crippen LogP contribution in [0.5, 0.6) is 0 Å². The number of rotatable bonds is 0. The van der Waals surface area contributed by atoms with Crippen molar-refractivity contribution in [2.75, 3.05) is 0 Å². The van der Waals surface area contributed by atoms with Crippen LogP contribution < -0.4 is 0 Å². The van der Waals surface area contributed by atoms with Crippen LogP contribution in [0.15, 0.2) is 63.5 Å². The van der Waals surface area contributed by atoms with E-state index in [4.69, 9.17) is 0 Å². The monoisotopic (exact) mass is 502 g/mol. The Morgan fingerprint density at radius 3 is 1.92 bits per heavy atom. The molecule has 0 unspecified atom stereocenters. The van der Waals surface area contributed by atoms with E-state index in [1.807, 2.05) is 42.5 Å². The summed E-state index contributed by atoms with van der Waals surface area (Å²) in [6.07, 6.45) is 0. The minimum absolute atomic E-state index is 0.121. The normalized spacial score (nSPS) is 9.62. The Bertz CT molecular complexity index is 993. The third-order valence-corrected chi connectivity index (χ3v) is 8.67. The summed E-state index contributed by atoms with van der Waals surface area (Å²) in [4.78, 5) is 0. The number of benzene rings is 2. The van der Waals surface area contributed by atoms with Crippen molar-refractivity contribution in [2.24, 2.45) is 0 Å². The van der Waals surface area contributed by atoms with E-state index in [1.54, 1.807) is 0 Å². The minimum atomic E-state index is 0.121. The van der Waals surface area contributed by atoms with Crippen molar-refractivity contribution in [3.8, 4) is 23.7 Å². The van der Waals surface area contributed by atoms with Crippen molar-refractivity contribution < 1.29 is 0 Å². The molecule has 0 atom stereocenters. The van der Waals surface area contributed by atoms with Gasteiger partial charge >= 0.3 is 166 Å². The van der Waals surface area contributed by atoms with Crippen LogP contribution in [0.4, 0.5) is 0 Å². The fourth-order valence-electron chi connectivity index (χ4n) is 2.05. The summed E-state index contributed by atoms with van der Waals surface area (Å²) in [5.74, 6) is 13.1. The van der Waals surface area contributed by atoms with Gasteiger partial charge in [0.25, 0.3) is 0 Å². The van der Waals surface area contributed by atoms with Crippen LogP contribution in [0.1, 0.15) is 25.6 Å². The molecule has 0 aliphatic heterocycles. The van der Waals surface area contributed by atoms with E-state index in [0.717, 1.165) is 28.9 Å². The van der Waals surface area contributed by atoms with Crippen LogP contribution in [0.2, 0.25) is 0 Å². The second-order valence-electron chi connectivity index (χ2n) is 5.12. The molecule has 1 aromatic heterocycles. The first-order chi connectivity index (χ1) is 11.6. The van der Waals surface area contributed by atoms with Crippen molar-refractivity contribution in [3.63, 3.8) is 0 Å². The summed E-state index contributed by atoms with van der Waals surface area (Å²) >= 11 is 7.41. The quantitative estimate of drug-likeness (QED) is 0.286. The predicted molar refractivity (Wildman–Crippen MR) is 108 cm³/mol. The Hall–Kier alpha value is -1.48. The zero-order valence-corrected chi connectivity index (χ0v) is 17.7. The second kappa shape index (κ2) is 8.06. The van der Waals surface area contributed by atoms with E-state index in [1.165, 1.54) is 5.56 Å². The third kappa shape index (κ3) is 4.32. The molecule has 0 amide bonds. The van der Waals surface area contributed by atoms with E-state index >= 15 is 0 Å². The molecule has 0 aliphatic rings. The fourth-order valence-corrected chi connectivity index (χ4v) is 5.74. The molecular weight excluding hydrogens is 491 g/mol. The van der Waals surface area contributed by atoms with Gasteiger partial charge in [0, 0.05) is 0 Å². The molecule has 2 aromatic carbocycles. The summed E-state index contributed by atoms with van der Waals surface area (Å²) in [5, 5.41) is 0. The van der Waals surface area contributed by atoms with Crippen molar-refractivity contribution in [1.29, 1.82) is 0 Å². The van der Waals surface area contributed by atoms with Crippen molar-refractivity contribution >= 4 is 46.4 Å². The topological polar surface area (TPSA) is 0 Å². The number of halogens is 2. The Balaban J connectivity index is 1.91. The molecule has 3 aromatic rings. The number of hydrogen-bond donors (Lipinski definition) is 0. The van der Waals surface area contributed by atoms with Gasteiger partial charge in [-0.15, -0.1) is 0 Å². The van der Waals surface area contributed by atoms with Gasteiger partial charge in [-0.2, -0.15) is 0 Å². The maximum atomic E-state index is 3.65. The summed E-state index contributed by atoms with van der Waals surface area (Å²) < 4.78 is 4.29. The van der Waals surface area contributed by atoms with Gasteiger partial charge in [0.05, 0.1) is 0 Å². The van der Waals surface area contributed by atoms with Crippen molar-refractivity contribution in [1.82, 2.24) is 0 Å². The second-order valence-corrected chi connectivity index (χ2v) is 8.85. The van der Waals surface area contributed by atoms with Crippen LogP contribution in [-0.2, 0) is 0 Å². The van der Waals surface area contributed by atoms with Crippen molar-refractivity contribution in [2.45, 2.75) is 6.92 Å². The molecular formula is C21H12Br2Se. The van der Waals surface area contributed by atoms with E-state index < -0.39 is 0 Å². The van der Waals surface area contributed by atoms with Crippen LogP contribution in [0, 0.1) is 30.6 Å². The summed E-state index contributed by atoms with van der Waals surface area (Å²) in [7, 11) is 0. The Labute approximate surface area is 165 Å². The molecule has 24 heavy (non-hydrogen) atoms. The van der Waals surface area contributed by atoms with Crippen LogP contribution in [0.25, 0.3) is 0 Å². The van der Waals surface area contributed by atoms with Crippen LogP contribution in [-0.4, -0.2) is 14.5 Å². The van der Waals surface area contributed by atoms with E-state index in [2.05, 4.69) is 74.6 Å². The maximum absolute atomic E-state index is 3.65. The molecule has 0 radical (unpaired) electrons.